The standard InChI is InChI=1S/C35H25O2/c1-5-13-27(14-6-1)31-24-32(36-35(25-31)30-19-11-4-12-20-30)21-26-22-33(28-15-7-2-8-16-28)37-34(23-26)29-17-9-3-10-18-29/h1-25H/q+1. The fourth-order valence-electron chi connectivity index (χ4n) is 4.39. The van der Waals surface area contributed by atoms with Crippen LogP contribution in [0.25, 0.3) is 40.0 Å². The molecule has 2 nitrogen and oxygen atoms in total. The summed E-state index contributed by atoms with van der Waals surface area (Å²) in [7, 11) is 0. The summed E-state index contributed by atoms with van der Waals surface area (Å²) < 4.78 is 12.8. The molecule has 0 bridgehead atoms. The van der Waals surface area contributed by atoms with Crippen molar-refractivity contribution in [2.45, 2.75) is 0 Å². The molecule has 2 heterocycles. The van der Waals surface area contributed by atoms with E-state index in [0.717, 1.165) is 56.4 Å². The Kier molecular flexibility index (Phi) is 6.30. The van der Waals surface area contributed by atoms with Crippen LogP contribution in [0.15, 0.2) is 156 Å². The van der Waals surface area contributed by atoms with Gasteiger partial charge in [0.1, 0.15) is 11.5 Å². The Morgan fingerprint density at radius 2 is 0.919 bits per heavy atom. The number of benzene rings is 4. The van der Waals surface area contributed by atoms with E-state index >= 15 is 0 Å². The van der Waals surface area contributed by atoms with E-state index in [9.17, 15) is 0 Å². The highest BCUT2D eigenvalue weighted by molar-refractivity contribution is 5.81. The van der Waals surface area contributed by atoms with Gasteiger partial charge < -0.3 is 4.74 Å². The van der Waals surface area contributed by atoms with Crippen molar-refractivity contribution in [2.75, 3.05) is 0 Å². The highest BCUT2D eigenvalue weighted by Crippen LogP contribution is 2.34. The second-order valence-electron chi connectivity index (χ2n) is 8.84. The molecule has 0 atom stereocenters. The SMILES string of the molecule is C(=C1C=C(c2ccccc2)OC(c2ccccc2)=C1)c1cc(-c2ccccc2)cc(-c2ccccc2)[o+]1. The molecule has 0 unspecified atom stereocenters. The Bertz CT molecular complexity index is 1480. The van der Waals surface area contributed by atoms with Crippen LogP contribution in [0.5, 0.6) is 0 Å². The van der Waals surface area contributed by atoms with Gasteiger partial charge in [-0.1, -0.05) is 109 Å². The highest BCUT2D eigenvalue weighted by atomic mass is 16.5. The van der Waals surface area contributed by atoms with E-state index < -0.39 is 0 Å². The van der Waals surface area contributed by atoms with E-state index in [2.05, 4.69) is 91.0 Å². The Morgan fingerprint density at radius 1 is 0.459 bits per heavy atom. The van der Waals surface area contributed by atoms with Gasteiger partial charge >= 0.3 is 11.5 Å². The van der Waals surface area contributed by atoms with Crippen molar-refractivity contribution in [2.24, 2.45) is 0 Å². The molecule has 0 amide bonds. The average molecular weight is 478 g/mol. The van der Waals surface area contributed by atoms with Crippen LogP contribution < -0.4 is 0 Å². The maximum absolute atomic E-state index is 6.43. The van der Waals surface area contributed by atoms with Gasteiger partial charge in [0.2, 0.25) is 0 Å². The minimum absolute atomic E-state index is 0.768. The van der Waals surface area contributed by atoms with E-state index in [1.807, 2.05) is 60.7 Å². The van der Waals surface area contributed by atoms with Crippen LogP contribution >= 0.6 is 0 Å². The number of ether oxygens (including phenoxy) is 1. The topological polar surface area (TPSA) is 20.5 Å². The monoisotopic (exact) mass is 477 g/mol. The third-order valence-electron chi connectivity index (χ3n) is 6.22. The molecule has 4 aromatic carbocycles. The molecule has 1 aliphatic rings. The highest BCUT2D eigenvalue weighted by Gasteiger charge is 2.20. The van der Waals surface area contributed by atoms with E-state index in [1.165, 1.54) is 0 Å². The predicted octanol–water partition coefficient (Wildman–Crippen LogP) is 9.39. The first-order chi connectivity index (χ1) is 18.3. The molecule has 0 N–H and O–H groups in total. The quantitative estimate of drug-likeness (QED) is 0.235. The second kappa shape index (κ2) is 10.3. The van der Waals surface area contributed by atoms with Gasteiger partial charge in [-0.05, 0) is 35.4 Å². The summed E-state index contributed by atoms with van der Waals surface area (Å²) in [5.74, 6) is 3.19. The molecule has 0 fully saturated rings. The molecular weight excluding hydrogens is 452 g/mol. The van der Waals surface area contributed by atoms with Gasteiger partial charge in [0, 0.05) is 16.7 Å². The summed E-state index contributed by atoms with van der Waals surface area (Å²) in [6.45, 7) is 0. The zero-order chi connectivity index (χ0) is 24.9. The van der Waals surface area contributed by atoms with Crippen LogP contribution in [0.2, 0.25) is 0 Å². The molecule has 6 rings (SSSR count). The van der Waals surface area contributed by atoms with Crippen LogP contribution in [0.1, 0.15) is 16.9 Å². The molecule has 0 spiro atoms. The molecule has 1 aliphatic heterocycles. The summed E-state index contributed by atoms with van der Waals surface area (Å²) >= 11 is 0. The fraction of sp³-hybridized carbons (Fsp3) is 0. The summed E-state index contributed by atoms with van der Waals surface area (Å²) in [6.07, 6.45) is 6.20. The fourth-order valence-corrected chi connectivity index (χ4v) is 4.39. The van der Waals surface area contributed by atoms with Crippen LogP contribution in [0.4, 0.5) is 0 Å². The first-order valence-electron chi connectivity index (χ1n) is 12.3. The lowest BCUT2D eigenvalue weighted by Crippen LogP contribution is -1.99. The molecule has 2 heteroatoms. The lowest BCUT2D eigenvalue weighted by molar-refractivity contribution is 0.467. The van der Waals surface area contributed by atoms with E-state index in [1.54, 1.807) is 0 Å². The lowest BCUT2D eigenvalue weighted by atomic mass is 10.0. The van der Waals surface area contributed by atoms with Crippen LogP contribution in [-0.2, 0) is 4.74 Å². The number of rotatable bonds is 5. The number of allylic oxidation sites excluding steroid dienone is 3. The molecule has 1 aromatic heterocycles. The Balaban J connectivity index is 1.49. The van der Waals surface area contributed by atoms with Crippen molar-refractivity contribution in [3.63, 3.8) is 0 Å². The Hall–Kier alpha value is -4.95. The minimum Gasteiger partial charge on any atom is -0.456 e. The van der Waals surface area contributed by atoms with Crippen LogP contribution in [0.3, 0.4) is 0 Å². The summed E-state index contributed by atoms with van der Waals surface area (Å²) in [5, 5.41) is 0. The van der Waals surface area contributed by atoms with Gasteiger partial charge in [-0.15, -0.1) is 0 Å². The molecule has 0 saturated carbocycles. The molecule has 0 aliphatic carbocycles. The Labute approximate surface area is 217 Å². The van der Waals surface area contributed by atoms with Crippen molar-refractivity contribution in [1.82, 2.24) is 0 Å². The van der Waals surface area contributed by atoms with Crippen LogP contribution in [0, 0.1) is 0 Å². The largest absolute Gasteiger partial charge is 0.456 e. The molecular formula is C35H25O2+. The molecule has 0 radical (unpaired) electrons. The summed E-state index contributed by atoms with van der Waals surface area (Å²) in [4.78, 5) is 0. The zero-order valence-corrected chi connectivity index (χ0v) is 20.3. The van der Waals surface area contributed by atoms with Crippen molar-refractivity contribution >= 4 is 17.6 Å². The first kappa shape index (κ1) is 22.5. The first-order valence-corrected chi connectivity index (χ1v) is 12.3. The van der Waals surface area contributed by atoms with E-state index in [4.69, 9.17) is 9.15 Å². The minimum atomic E-state index is 0.768. The molecule has 5 aromatic rings. The van der Waals surface area contributed by atoms with Gasteiger partial charge in [0.05, 0.1) is 23.8 Å². The van der Waals surface area contributed by atoms with Crippen molar-refractivity contribution in [3.05, 3.63) is 168 Å². The van der Waals surface area contributed by atoms with Crippen LogP contribution in [-0.4, -0.2) is 0 Å². The molecule has 0 saturated heterocycles. The van der Waals surface area contributed by atoms with E-state index in [0.29, 0.717) is 0 Å². The van der Waals surface area contributed by atoms with Crippen molar-refractivity contribution in [3.8, 4) is 22.5 Å². The van der Waals surface area contributed by atoms with E-state index in [-0.39, 0.29) is 0 Å². The number of hydrogen-bond donors (Lipinski definition) is 0. The zero-order valence-electron chi connectivity index (χ0n) is 20.3. The van der Waals surface area contributed by atoms with Gasteiger partial charge in [-0.3, -0.25) is 0 Å². The molecule has 37 heavy (non-hydrogen) atoms. The van der Waals surface area contributed by atoms with Crippen molar-refractivity contribution in [1.29, 1.82) is 0 Å². The molecule has 176 valence electrons. The van der Waals surface area contributed by atoms with Gasteiger partial charge in [0.15, 0.2) is 0 Å². The smallest absolute Gasteiger partial charge is 0.361 e. The predicted molar refractivity (Wildman–Crippen MR) is 152 cm³/mol. The van der Waals surface area contributed by atoms with Crippen molar-refractivity contribution < 1.29 is 9.15 Å². The summed E-state index contributed by atoms with van der Waals surface area (Å²) in [5.41, 5.74) is 6.32. The third kappa shape index (κ3) is 5.19. The van der Waals surface area contributed by atoms with Gasteiger partial charge in [-0.2, -0.15) is 0 Å². The van der Waals surface area contributed by atoms with Gasteiger partial charge in [0.25, 0.3) is 0 Å². The normalized spacial score (nSPS) is 12.8. The maximum Gasteiger partial charge on any atom is 0.361 e. The maximum atomic E-state index is 6.43. The number of hydrogen-bond acceptors (Lipinski definition) is 1. The third-order valence-corrected chi connectivity index (χ3v) is 6.22. The average Bonchev–Trinajstić information content (AvgIpc) is 2.99. The Morgan fingerprint density at radius 3 is 1.43 bits per heavy atom. The summed E-state index contributed by atoms with van der Waals surface area (Å²) in [6, 6.07) is 45.2. The lowest BCUT2D eigenvalue weighted by Gasteiger charge is -2.18. The van der Waals surface area contributed by atoms with Gasteiger partial charge in [-0.25, -0.2) is 4.42 Å². The second-order valence-corrected chi connectivity index (χ2v) is 8.84.